The Labute approximate surface area is 127 Å². The van der Waals surface area contributed by atoms with Crippen molar-refractivity contribution in [2.75, 3.05) is 0 Å². The van der Waals surface area contributed by atoms with Crippen LogP contribution in [-0.2, 0) is 6.42 Å². The summed E-state index contributed by atoms with van der Waals surface area (Å²) in [4.78, 5) is 0. The van der Waals surface area contributed by atoms with Gasteiger partial charge in [0, 0.05) is 6.42 Å². The van der Waals surface area contributed by atoms with Gasteiger partial charge in [-0.2, -0.15) is 0 Å². The Morgan fingerprint density at radius 3 is 2.27 bits per heavy atom. The Hall–Kier alpha value is -2.80. The number of benzene rings is 3. The molecule has 0 saturated carbocycles. The fraction of sp³-hybridized carbons (Fsp3) is 0.0476. The predicted molar refractivity (Wildman–Crippen MR) is 93.1 cm³/mol. The van der Waals surface area contributed by atoms with Crippen LogP contribution < -0.4 is 10.4 Å². The maximum absolute atomic E-state index is 9.72. The molecule has 0 fully saturated rings. The van der Waals surface area contributed by atoms with Gasteiger partial charge in [-0.25, -0.2) is 0 Å². The summed E-state index contributed by atoms with van der Waals surface area (Å²) >= 11 is 0. The number of hydrogen-bond acceptors (Lipinski definition) is 1. The largest absolute Gasteiger partial charge is 0.512 e. The predicted octanol–water partition coefficient (Wildman–Crippen LogP) is 3.58. The fourth-order valence-corrected chi connectivity index (χ4v) is 3.69. The van der Waals surface area contributed by atoms with Crippen molar-refractivity contribution in [2.45, 2.75) is 6.42 Å². The highest BCUT2D eigenvalue weighted by atomic mass is 16.3. The van der Waals surface area contributed by atoms with Gasteiger partial charge in [0.1, 0.15) is 0 Å². The van der Waals surface area contributed by atoms with Crippen LogP contribution in [0.2, 0.25) is 0 Å². The topological polar surface area (TPSA) is 20.2 Å². The lowest BCUT2D eigenvalue weighted by Gasteiger charge is -2.12. The molecule has 0 atom stereocenters. The first-order valence-corrected chi connectivity index (χ1v) is 7.57. The van der Waals surface area contributed by atoms with Gasteiger partial charge in [-0.05, 0) is 49.2 Å². The van der Waals surface area contributed by atoms with E-state index in [1.807, 2.05) is 12.2 Å². The molecule has 3 aromatic carbocycles. The first-order valence-electron chi connectivity index (χ1n) is 7.57. The van der Waals surface area contributed by atoms with E-state index >= 15 is 0 Å². The number of hydrogen-bond donors (Lipinski definition) is 1. The van der Waals surface area contributed by atoms with Crippen molar-refractivity contribution in [3.63, 3.8) is 0 Å². The Morgan fingerprint density at radius 2 is 1.41 bits per heavy atom. The molecule has 1 N–H and O–H groups in total. The number of aliphatic hydroxyl groups is 1. The van der Waals surface area contributed by atoms with E-state index in [0.717, 1.165) is 0 Å². The Morgan fingerprint density at radius 1 is 0.682 bits per heavy atom. The van der Waals surface area contributed by atoms with Crippen LogP contribution in [0.3, 0.4) is 0 Å². The average Bonchev–Trinajstić information content (AvgIpc) is 3.02. The standard InChI is InChI=1S/C21H14O/c22-15-6-9-17-14(12-15)5-8-21-19(17)11-10-18-16-3-1-2-13(16)4-7-20(18)21/h1-11,22H,12H2. The molecule has 0 aromatic heterocycles. The van der Waals surface area contributed by atoms with Crippen LogP contribution in [-0.4, -0.2) is 5.11 Å². The summed E-state index contributed by atoms with van der Waals surface area (Å²) in [6, 6.07) is 13.2. The van der Waals surface area contributed by atoms with Crippen molar-refractivity contribution >= 4 is 39.8 Å². The smallest absolute Gasteiger partial charge is 0.0966 e. The van der Waals surface area contributed by atoms with Gasteiger partial charge in [0.2, 0.25) is 0 Å². The van der Waals surface area contributed by atoms with Gasteiger partial charge in [-0.1, -0.05) is 60.7 Å². The van der Waals surface area contributed by atoms with E-state index in [1.54, 1.807) is 0 Å². The van der Waals surface area contributed by atoms with Crippen molar-refractivity contribution in [2.24, 2.45) is 0 Å². The molecule has 0 bridgehead atoms. The second-order valence-corrected chi connectivity index (χ2v) is 5.99. The minimum atomic E-state index is 0.436. The van der Waals surface area contributed by atoms with E-state index in [1.165, 1.54) is 43.1 Å². The Kier molecular flexibility index (Phi) is 2.21. The number of fused-ring (bicyclic) bond motifs is 7. The molecule has 0 aliphatic heterocycles. The minimum absolute atomic E-state index is 0.436. The van der Waals surface area contributed by atoms with Crippen LogP contribution >= 0.6 is 0 Å². The Bertz CT molecular complexity index is 1140. The lowest BCUT2D eigenvalue weighted by molar-refractivity contribution is 0.398. The molecule has 104 valence electrons. The van der Waals surface area contributed by atoms with Crippen LogP contribution in [0.1, 0.15) is 11.1 Å². The van der Waals surface area contributed by atoms with Gasteiger partial charge in [0.05, 0.1) is 5.76 Å². The summed E-state index contributed by atoms with van der Waals surface area (Å²) in [7, 11) is 0. The molecule has 0 spiro atoms. The average molecular weight is 282 g/mol. The molecule has 3 aromatic rings. The second-order valence-electron chi connectivity index (χ2n) is 5.99. The molecule has 2 aliphatic carbocycles. The maximum atomic E-state index is 9.72. The summed E-state index contributed by atoms with van der Waals surface area (Å²) in [5.41, 5.74) is 2.49. The lowest BCUT2D eigenvalue weighted by atomic mass is 9.93. The molecule has 1 heteroatoms. The summed E-state index contributed by atoms with van der Waals surface area (Å²) in [5.74, 6) is 0.436. The lowest BCUT2D eigenvalue weighted by Crippen LogP contribution is -2.14. The van der Waals surface area contributed by atoms with Crippen molar-refractivity contribution in [1.29, 1.82) is 0 Å². The summed E-state index contributed by atoms with van der Waals surface area (Å²) < 4.78 is 0. The SMILES string of the molecule is OC1=CC=c2c(ccc3c2ccc2c4c(ccc23)C=CC=4)C1. The highest BCUT2D eigenvalue weighted by Crippen LogP contribution is 2.25. The van der Waals surface area contributed by atoms with Crippen molar-refractivity contribution in [3.8, 4) is 0 Å². The van der Waals surface area contributed by atoms with Crippen LogP contribution in [0.4, 0.5) is 0 Å². The third kappa shape index (κ3) is 1.48. The molecule has 0 radical (unpaired) electrons. The highest BCUT2D eigenvalue weighted by molar-refractivity contribution is 6.09. The molecule has 2 aliphatic rings. The normalized spacial score (nSPS) is 15.2. The third-order valence-corrected chi connectivity index (χ3v) is 4.76. The molecule has 0 amide bonds. The zero-order valence-electron chi connectivity index (χ0n) is 12.0. The quantitative estimate of drug-likeness (QED) is 0.625. The molecule has 0 saturated heterocycles. The van der Waals surface area contributed by atoms with Gasteiger partial charge >= 0.3 is 0 Å². The molecule has 0 unspecified atom stereocenters. The van der Waals surface area contributed by atoms with Crippen LogP contribution in [0.5, 0.6) is 0 Å². The van der Waals surface area contributed by atoms with Crippen LogP contribution in [0.15, 0.2) is 54.3 Å². The van der Waals surface area contributed by atoms with E-state index in [9.17, 15) is 5.11 Å². The van der Waals surface area contributed by atoms with Crippen LogP contribution in [0, 0.1) is 0 Å². The number of aliphatic hydroxyl groups excluding tert-OH is 1. The molecule has 0 heterocycles. The number of allylic oxidation sites excluding steroid dienone is 3. The molecule has 1 nitrogen and oxygen atoms in total. The van der Waals surface area contributed by atoms with Crippen molar-refractivity contribution in [1.82, 2.24) is 0 Å². The zero-order chi connectivity index (χ0) is 14.7. The van der Waals surface area contributed by atoms with Gasteiger partial charge < -0.3 is 5.11 Å². The highest BCUT2D eigenvalue weighted by Gasteiger charge is 2.10. The van der Waals surface area contributed by atoms with Crippen molar-refractivity contribution in [3.05, 3.63) is 75.9 Å². The first kappa shape index (κ1) is 11.8. The summed E-state index contributed by atoms with van der Waals surface area (Å²) in [6.45, 7) is 0. The van der Waals surface area contributed by atoms with E-state index in [2.05, 4.69) is 54.6 Å². The third-order valence-electron chi connectivity index (χ3n) is 4.76. The number of rotatable bonds is 0. The molecular weight excluding hydrogens is 268 g/mol. The van der Waals surface area contributed by atoms with E-state index in [4.69, 9.17) is 0 Å². The Balaban J connectivity index is 1.98. The second kappa shape index (κ2) is 4.11. The van der Waals surface area contributed by atoms with E-state index in [-0.39, 0.29) is 0 Å². The minimum Gasteiger partial charge on any atom is -0.512 e. The van der Waals surface area contributed by atoms with E-state index in [0.29, 0.717) is 12.2 Å². The monoisotopic (exact) mass is 282 g/mol. The molecule has 22 heavy (non-hydrogen) atoms. The summed E-state index contributed by atoms with van der Waals surface area (Å²) in [6.07, 6.45) is 10.9. The zero-order valence-corrected chi connectivity index (χ0v) is 12.0. The van der Waals surface area contributed by atoms with Gasteiger partial charge in [0.15, 0.2) is 0 Å². The van der Waals surface area contributed by atoms with Gasteiger partial charge in [-0.3, -0.25) is 0 Å². The summed E-state index contributed by atoms with van der Waals surface area (Å²) in [5, 5.41) is 17.4. The van der Waals surface area contributed by atoms with Crippen molar-refractivity contribution < 1.29 is 5.11 Å². The maximum Gasteiger partial charge on any atom is 0.0966 e. The van der Waals surface area contributed by atoms with Crippen LogP contribution in [0.25, 0.3) is 39.8 Å². The first-order chi connectivity index (χ1) is 10.8. The van der Waals surface area contributed by atoms with E-state index < -0.39 is 0 Å². The van der Waals surface area contributed by atoms with Gasteiger partial charge in [-0.15, -0.1) is 0 Å². The molecular formula is C21H14O. The molecule has 5 rings (SSSR count). The fourth-order valence-electron chi connectivity index (χ4n) is 3.69. The van der Waals surface area contributed by atoms with Gasteiger partial charge in [0.25, 0.3) is 0 Å².